The fourth-order valence-electron chi connectivity index (χ4n) is 16.8. The number of hydrogen-bond donors (Lipinski definition) is 2. The van der Waals surface area contributed by atoms with Gasteiger partial charge in [0, 0.05) is 78.5 Å². The molecule has 2 aromatic carbocycles. The van der Waals surface area contributed by atoms with Crippen LogP contribution in [0.25, 0.3) is 0 Å². The van der Waals surface area contributed by atoms with Crippen molar-refractivity contribution in [2.45, 2.75) is 92.2 Å². The summed E-state index contributed by atoms with van der Waals surface area (Å²) in [6.45, 7) is 6.12. The van der Waals surface area contributed by atoms with Crippen LogP contribution in [0, 0.1) is 22.2 Å². The van der Waals surface area contributed by atoms with Crippen LogP contribution in [0.1, 0.15) is 62.5 Å². The lowest BCUT2D eigenvalue weighted by Crippen LogP contribution is -2.81. The van der Waals surface area contributed by atoms with E-state index in [1.807, 2.05) is 0 Å². The summed E-state index contributed by atoms with van der Waals surface area (Å²) in [6, 6.07) is 15.8. The van der Waals surface area contributed by atoms with Gasteiger partial charge >= 0.3 is 5.97 Å². The number of methoxy groups -OCH3 is 2. The van der Waals surface area contributed by atoms with Crippen LogP contribution in [0.2, 0.25) is 0 Å². The number of nitrogens with zero attached hydrogens (tertiary/aromatic N) is 3. The molecule has 2 aliphatic carbocycles. The van der Waals surface area contributed by atoms with E-state index in [9.17, 15) is 9.90 Å². The van der Waals surface area contributed by atoms with Gasteiger partial charge in [-0.15, -0.1) is 0 Å². The molecule has 10 heteroatoms. The second-order valence-corrected chi connectivity index (χ2v) is 18.9. The Morgan fingerprint density at radius 3 is 2.60 bits per heavy atom. The van der Waals surface area contributed by atoms with Gasteiger partial charge in [0.25, 0.3) is 0 Å². The van der Waals surface area contributed by atoms with Crippen LogP contribution < -0.4 is 15.0 Å². The van der Waals surface area contributed by atoms with Gasteiger partial charge in [-0.3, -0.25) is 9.80 Å². The minimum absolute atomic E-state index is 0.00339. The van der Waals surface area contributed by atoms with E-state index in [0.717, 1.165) is 106 Å². The molecule has 0 bridgehead atoms. The highest BCUT2D eigenvalue weighted by molar-refractivity contribution is 5.93. The molecule has 1 saturated carbocycles. The average molecular weight is 719 g/mol. The molecule has 53 heavy (non-hydrogen) atoms. The van der Waals surface area contributed by atoms with Crippen LogP contribution in [0.15, 0.2) is 53.7 Å². The molecule has 0 amide bonds. The van der Waals surface area contributed by atoms with Crippen molar-refractivity contribution in [2.24, 2.45) is 22.2 Å². The Balaban J connectivity index is 1.02. The fourth-order valence-corrected chi connectivity index (χ4v) is 16.8. The number of aliphatic hydroxyl groups is 1. The van der Waals surface area contributed by atoms with Gasteiger partial charge < -0.3 is 34.3 Å². The first-order valence-corrected chi connectivity index (χ1v) is 20.4. The van der Waals surface area contributed by atoms with Gasteiger partial charge in [0.15, 0.2) is 5.72 Å². The van der Waals surface area contributed by atoms with Gasteiger partial charge in [0.2, 0.25) is 0 Å². The van der Waals surface area contributed by atoms with Crippen molar-refractivity contribution in [3.8, 4) is 5.75 Å². The lowest BCUT2D eigenvalue weighted by molar-refractivity contribution is -0.232. The quantitative estimate of drug-likeness (QED) is 0.441. The zero-order chi connectivity index (χ0) is 35.3. The lowest BCUT2D eigenvalue weighted by atomic mass is 9.43. The number of ether oxygens (including phenoxy) is 4. The van der Waals surface area contributed by atoms with E-state index in [2.05, 4.69) is 62.5 Å². The van der Waals surface area contributed by atoms with E-state index in [0.29, 0.717) is 19.6 Å². The standard InChI is InChI=1S/C43H50N4O6/c1-50-30-9-5-7-28-32(30)47-24-38(20-25-21-39-13-18-52-31(39)10-15-45-17-12-42(28,36(39)45)43(25,47)49)23-46-16-11-41-27-6-3-4-8-29(27)44-33(41)26(34(48)51-2)22-40(35(41)46)14-19-53-37(38)40/h3-9,25,31,35-37,44,49H,10-24H2,1-2H3/t25-,31-,35-,36-,37+,38+,39-,40+,41-,42+,43+/m1/s1. The van der Waals surface area contributed by atoms with Crippen LogP contribution in [-0.4, -0.2) is 111 Å². The third-order valence-electron chi connectivity index (χ3n) is 17.7. The normalized spacial score (nSPS) is 47.6. The van der Waals surface area contributed by atoms with Gasteiger partial charge in [-0.25, -0.2) is 4.79 Å². The highest BCUT2D eigenvalue weighted by Crippen LogP contribution is 2.77. The molecule has 11 aliphatic rings. The number of benzene rings is 2. The monoisotopic (exact) mass is 718 g/mol. The molecule has 10 nitrogen and oxygen atoms in total. The summed E-state index contributed by atoms with van der Waals surface area (Å²) in [7, 11) is 3.32. The van der Waals surface area contributed by atoms with E-state index in [-0.39, 0.29) is 57.8 Å². The van der Waals surface area contributed by atoms with Gasteiger partial charge in [-0.05, 0) is 87.7 Å². The molecule has 5 spiro atoms. The molecular formula is C43H50N4O6. The third kappa shape index (κ3) is 3.07. The summed E-state index contributed by atoms with van der Waals surface area (Å²) in [5.41, 5.74) is 4.37. The minimum Gasteiger partial charge on any atom is -0.495 e. The maximum atomic E-state index is 14.0. The van der Waals surface area contributed by atoms with E-state index >= 15 is 0 Å². The van der Waals surface area contributed by atoms with Gasteiger partial charge in [0.05, 0.1) is 48.5 Å². The molecule has 11 atom stereocenters. The number of rotatable bonds is 2. The Bertz CT molecular complexity index is 2060. The second-order valence-electron chi connectivity index (χ2n) is 18.9. The number of hydrogen-bond acceptors (Lipinski definition) is 10. The molecule has 278 valence electrons. The summed E-state index contributed by atoms with van der Waals surface area (Å²) < 4.78 is 25.8. The van der Waals surface area contributed by atoms with Crippen molar-refractivity contribution >= 4 is 17.3 Å². The summed E-state index contributed by atoms with van der Waals surface area (Å²) in [4.78, 5) is 22.0. The van der Waals surface area contributed by atoms with E-state index < -0.39 is 11.1 Å². The van der Waals surface area contributed by atoms with Crippen molar-refractivity contribution in [3.63, 3.8) is 0 Å². The topological polar surface area (TPSA) is 96.0 Å². The average Bonchev–Trinajstić information content (AvgIpc) is 4.02. The zero-order valence-electron chi connectivity index (χ0n) is 30.9. The van der Waals surface area contributed by atoms with E-state index in [4.69, 9.17) is 18.9 Å². The zero-order valence-corrected chi connectivity index (χ0v) is 30.9. The van der Waals surface area contributed by atoms with Crippen LogP contribution in [0.4, 0.5) is 11.4 Å². The number of nitrogens with one attached hydrogen (secondary N) is 1. The highest BCUT2D eigenvalue weighted by Gasteiger charge is 2.83. The van der Waals surface area contributed by atoms with Crippen molar-refractivity contribution in [2.75, 3.05) is 70.4 Å². The van der Waals surface area contributed by atoms with Crippen LogP contribution in [-0.2, 0) is 29.8 Å². The van der Waals surface area contributed by atoms with Crippen LogP contribution in [0.5, 0.6) is 5.75 Å². The van der Waals surface area contributed by atoms with Crippen molar-refractivity contribution in [1.82, 2.24) is 9.80 Å². The Labute approximate surface area is 310 Å². The summed E-state index contributed by atoms with van der Waals surface area (Å²) >= 11 is 0. The predicted molar refractivity (Wildman–Crippen MR) is 196 cm³/mol. The number of fused-ring (bicyclic) bond motifs is 4. The summed E-state index contributed by atoms with van der Waals surface area (Å²) in [5.74, 6) is 0.674. The van der Waals surface area contributed by atoms with Crippen molar-refractivity contribution in [3.05, 3.63) is 64.9 Å². The maximum Gasteiger partial charge on any atom is 0.335 e. The minimum atomic E-state index is -1.04. The molecule has 9 aliphatic heterocycles. The Kier molecular flexibility index (Phi) is 5.64. The molecule has 7 saturated heterocycles. The molecule has 13 rings (SSSR count). The molecule has 9 heterocycles. The smallest absolute Gasteiger partial charge is 0.335 e. The molecule has 2 aromatic rings. The molecule has 0 aromatic heterocycles. The van der Waals surface area contributed by atoms with Gasteiger partial charge in [-0.1, -0.05) is 30.3 Å². The van der Waals surface area contributed by atoms with Crippen LogP contribution >= 0.6 is 0 Å². The van der Waals surface area contributed by atoms with E-state index in [1.165, 1.54) is 18.2 Å². The predicted octanol–water partition coefficient (Wildman–Crippen LogP) is 4.16. The number of esters is 1. The van der Waals surface area contributed by atoms with Crippen molar-refractivity contribution in [1.29, 1.82) is 0 Å². The first kappa shape index (κ1) is 31.1. The SMILES string of the molecule is COC(=O)C1=C2Nc3ccccc3[C@]23CCN2C[C@]4(C[C@@H]5C[C@]67CCO[C@@H]6CCN6CC[C@]8(c9cccc(OC)c9N(C4)[C@]58O)[C@H]67)[C@@H]4OCC[C@]4(C1)[C@@H]23. The van der Waals surface area contributed by atoms with E-state index in [1.54, 1.807) is 7.11 Å². The third-order valence-corrected chi connectivity index (χ3v) is 17.7. The van der Waals surface area contributed by atoms with Crippen LogP contribution in [0.3, 0.4) is 0 Å². The highest BCUT2D eigenvalue weighted by atomic mass is 16.5. The molecule has 0 radical (unpaired) electrons. The molecular weight excluding hydrogens is 668 g/mol. The molecule has 8 fully saturated rings. The fraction of sp³-hybridized carbons (Fsp3) is 0.651. The van der Waals surface area contributed by atoms with Crippen molar-refractivity contribution < 1.29 is 28.8 Å². The Morgan fingerprint density at radius 1 is 0.887 bits per heavy atom. The number of anilines is 2. The first-order chi connectivity index (χ1) is 25.8. The Morgan fingerprint density at radius 2 is 1.72 bits per heavy atom. The molecule has 0 unspecified atom stereocenters. The Hall–Kier alpha value is -3.15. The summed E-state index contributed by atoms with van der Waals surface area (Å²) in [6.07, 6.45) is 7.62. The number of piperidine rings is 3. The van der Waals surface area contributed by atoms with Gasteiger partial charge in [0.1, 0.15) is 5.75 Å². The second kappa shape index (κ2) is 9.62. The van der Waals surface area contributed by atoms with Gasteiger partial charge in [-0.2, -0.15) is 0 Å². The maximum absolute atomic E-state index is 14.0. The lowest BCUT2D eigenvalue weighted by Gasteiger charge is -2.70. The first-order valence-electron chi connectivity index (χ1n) is 20.4. The largest absolute Gasteiger partial charge is 0.495 e. The molecule has 2 N–H and O–H groups in total. The summed E-state index contributed by atoms with van der Waals surface area (Å²) in [5, 5.41) is 17.8. The number of para-hydroxylation sites is 2. The number of carbonyl (C=O) groups excluding carboxylic acids is 1. The number of carbonyl (C=O) groups is 1.